The third-order valence-electron chi connectivity index (χ3n) is 3.68. The second kappa shape index (κ2) is 9.95. The molecule has 158 valence electrons. The monoisotopic (exact) mass is 403 g/mol. The minimum Gasteiger partial charge on any atom is -0.472 e. The molecule has 0 saturated carbocycles. The number of carbonyl (C=O) groups is 2. The Morgan fingerprint density at radius 1 is 1.21 bits per heavy atom. The number of rotatable bonds is 8. The van der Waals surface area contributed by atoms with Crippen molar-refractivity contribution in [3.63, 3.8) is 0 Å². The lowest BCUT2D eigenvalue weighted by molar-refractivity contribution is 0.0501. The Hall–Kier alpha value is -3.03. The fourth-order valence-electron chi connectivity index (χ4n) is 2.52. The number of aromatic nitrogens is 2. The molecule has 1 heterocycles. The minimum absolute atomic E-state index is 0.246. The number of hydrogen-bond acceptors (Lipinski definition) is 6. The average Bonchev–Trinajstić information content (AvgIpc) is 3.02. The van der Waals surface area contributed by atoms with Gasteiger partial charge in [0.25, 0.3) is 0 Å². The van der Waals surface area contributed by atoms with Gasteiger partial charge in [-0.25, -0.2) is 9.59 Å². The summed E-state index contributed by atoms with van der Waals surface area (Å²) in [6, 6.07) is 10.9. The van der Waals surface area contributed by atoms with Gasteiger partial charge in [-0.1, -0.05) is 30.3 Å². The van der Waals surface area contributed by atoms with Crippen LogP contribution < -0.4 is 10.1 Å². The fraction of sp³-hybridized carbons (Fsp3) is 0.476. The number of esters is 1. The van der Waals surface area contributed by atoms with Gasteiger partial charge in [0.2, 0.25) is 5.88 Å². The first-order valence-corrected chi connectivity index (χ1v) is 9.59. The van der Waals surface area contributed by atoms with Crippen LogP contribution >= 0.6 is 0 Å². The van der Waals surface area contributed by atoms with Gasteiger partial charge in [-0.3, -0.25) is 4.68 Å². The molecular weight excluding hydrogens is 374 g/mol. The van der Waals surface area contributed by atoms with Gasteiger partial charge in [0, 0.05) is 12.1 Å². The highest BCUT2D eigenvalue weighted by Crippen LogP contribution is 2.16. The molecule has 0 aliphatic rings. The van der Waals surface area contributed by atoms with E-state index in [0.717, 1.165) is 5.56 Å². The van der Waals surface area contributed by atoms with Gasteiger partial charge >= 0.3 is 12.1 Å². The molecule has 2 aromatic rings. The number of carbonyl (C=O) groups excluding carboxylic acids is 2. The van der Waals surface area contributed by atoms with Crippen molar-refractivity contribution in [2.75, 3.05) is 6.61 Å². The van der Waals surface area contributed by atoms with E-state index >= 15 is 0 Å². The summed E-state index contributed by atoms with van der Waals surface area (Å²) in [4.78, 5) is 24.3. The van der Waals surface area contributed by atoms with E-state index in [-0.39, 0.29) is 24.9 Å². The number of alkyl carbamates (subject to hydrolysis) is 1. The molecule has 1 atom stereocenters. The maximum atomic E-state index is 12.3. The molecule has 1 N–H and O–H groups in total. The average molecular weight is 403 g/mol. The van der Waals surface area contributed by atoms with Gasteiger partial charge < -0.3 is 19.5 Å². The summed E-state index contributed by atoms with van der Waals surface area (Å²) in [5, 5.41) is 7.09. The van der Waals surface area contributed by atoms with Gasteiger partial charge in [-0.15, -0.1) is 5.10 Å². The molecule has 0 aliphatic carbocycles. The molecule has 0 spiro atoms. The Bertz CT molecular complexity index is 811. The van der Waals surface area contributed by atoms with Crippen LogP contribution in [0.3, 0.4) is 0 Å². The first-order valence-electron chi connectivity index (χ1n) is 9.59. The first kappa shape index (κ1) is 22.3. The van der Waals surface area contributed by atoms with Crippen LogP contribution in [0.1, 0.15) is 50.7 Å². The Morgan fingerprint density at radius 3 is 2.52 bits per heavy atom. The molecule has 8 heteroatoms. The van der Waals surface area contributed by atoms with Crippen LogP contribution in [0, 0.1) is 0 Å². The summed E-state index contributed by atoms with van der Waals surface area (Å²) in [6.07, 6.45) is -0.532. The third-order valence-corrected chi connectivity index (χ3v) is 3.68. The predicted molar refractivity (Wildman–Crippen MR) is 108 cm³/mol. The SMILES string of the molecule is CCOC(=O)c1cc(OCc2ccccc2)nn1C[C@H](C)NC(=O)OC(C)(C)C. The maximum absolute atomic E-state index is 12.3. The van der Waals surface area contributed by atoms with Crippen LogP contribution in [0.5, 0.6) is 5.88 Å². The zero-order chi connectivity index (χ0) is 21.4. The molecule has 0 saturated heterocycles. The molecule has 2 rings (SSSR count). The van der Waals surface area contributed by atoms with Crippen molar-refractivity contribution in [2.24, 2.45) is 0 Å². The van der Waals surface area contributed by atoms with Crippen molar-refractivity contribution in [3.05, 3.63) is 47.7 Å². The number of amides is 1. The van der Waals surface area contributed by atoms with Gasteiger partial charge in [0.1, 0.15) is 17.9 Å². The van der Waals surface area contributed by atoms with E-state index in [9.17, 15) is 9.59 Å². The Morgan fingerprint density at radius 2 is 1.90 bits per heavy atom. The Labute approximate surface area is 171 Å². The molecule has 1 aromatic heterocycles. The lowest BCUT2D eigenvalue weighted by Crippen LogP contribution is -2.40. The maximum Gasteiger partial charge on any atom is 0.407 e. The van der Waals surface area contributed by atoms with Crippen molar-refractivity contribution in [2.45, 2.75) is 59.4 Å². The molecule has 0 aliphatic heterocycles. The zero-order valence-corrected chi connectivity index (χ0v) is 17.6. The summed E-state index contributed by atoms with van der Waals surface area (Å²) >= 11 is 0. The molecular formula is C21H29N3O5. The summed E-state index contributed by atoms with van der Waals surface area (Å²) in [5.41, 5.74) is 0.650. The summed E-state index contributed by atoms with van der Waals surface area (Å²) in [7, 11) is 0. The van der Waals surface area contributed by atoms with Crippen LogP contribution in [-0.2, 0) is 22.6 Å². The van der Waals surface area contributed by atoms with E-state index < -0.39 is 17.7 Å². The van der Waals surface area contributed by atoms with Crippen molar-refractivity contribution < 1.29 is 23.8 Å². The van der Waals surface area contributed by atoms with Crippen LogP contribution in [0.15, 0.2) is 36.4 Å². The van der Waals surface area contributed by atoms with E-state index in [0.29, 0.717) is 12.5 Å². The molecule has 0 radical (unpaired) electrons. The van der Waals surface area contributed by atoms with Crippen molar-refractivity contribution in [3.8, 4) is 5.88 Å². The number of hydrogen-bond donors (Lipinski definition) is 1. The van der Waals surface area contributed by atoms with Crippen molar-refractivity contribution >= 4 is 12.1 Å². The normalized spacial score (nSPS) is 12.2. The summed E-state index contributed by atoms with van der Waals surface area (Å²) in [6.45, 7) is 9.73. The van der Waals surface area contributed by atoms with E-state index in [2.05, 4.69) is 10.4 Å². The van der Waals surface area contributed by atoms with E-state index in [1.165, 1.54) is 4.68 Å². The second-order valence-corrected chi connectivity index (χ2v) is 7.59. The molecule has 0 unspecified atom stereocenters. The number of nitrogens with zero attached hydrogens (tertiary/aromatic N) is 2. The molecule has 0 fully saturated rings. The quantitative estimate of drug-likeness (QED) is 0.678. The Kier molecular flexibility index (Phi) is 7.64. The van der Waals surface area contributed by atoms with E-state index in [4.69, 9.17) is 14.2 Å². The molecule has 1 amide bonds. The predicted octanol–water partition coefficient (Wildman–Crippen LogP) is 3.55. The highest BCUT2D eigenvalue weighted by molar-refractivity contribution is 5.87. The molecule has 0 bridgehead atoms. The smallest absolute Gasteiger partial charge is 0.407 e. The van der Waals surface area contributed by atoms with E-state index in [1.54, 1.807) is 40.7 Å². The van der Waals surface area contributed by atoms with Gasteiger partial charge in [0.15, 0.2) is 0 Å². The topological polar surface area (TPSA) is 91.7 Å². The van der Waals surface area contributed by atoms with E-state index in [1.807, 2.05) is 30.3 Å². The number of benzene rings is 1. The fourth-order valence-corrected chi connectivity index (χ4v) is 2.52. The van der Waals surface area contributed by atoms with Gasteiger partial charge in [-0.2, -0.15) is 0 Å². The summed E-state index contributed by atoms with van der Waals surface area (Å²) in [5.74, 6) is -0.194. The molecule has 8 nitrogen and oxygen atoms in total. The number of ether oxygens (including phenoxy) is 3. The zero-order valence-electron chi connectivity index (χ0n) is 17.6. The highest BCUT2D eigenvalue weighted by atomic mass is 16.6. The van der Waals surface area contributed by atoms with Crippen LogP contribution in [0.4, 0.5) is 4.79 Å². The van der Waals surface area contributed by atoms with Crippen LogP contribution in [-0.4, -0.2) is 40.1 Å². The lowest BCUT2D eigenvalue weighted by atomic mass is 10.2. The molecule has 29 heavy (non-hydrogen) atoms. The van der Waals surface area contributed by atoms with Crippen molar-refractivity contribution in [1.29, 1.82) is 0 Å². The van der Waals surface area contributed by atoms with Gasteiger partial charge in [-0.05, 0) is 40.2 Å². The Balaban J connectivity index is 2.08. The third kappa shape index (κ3) is 7.48. The largest absolute Gasteiger partial charge is 0.472 e. The highest BCUT2D eigenvalue weighted by Gasteiger charge is 2.21. The second-order valence-electron chi connectivity index (χ2n) is 7.59. The van der Waals surface area contributed by atoms with Crippen LogP contribution in [0.25, 0.3) is 0 Å². The molecule has 1 aromatic carbocycles. The van der Waals surface area contributed by atoms with Crippen molar-refractivity contribution in [1.82, 2.24) is 15.1 Å². The first-order chi connectivity index (χ1) is 13.7. The standard InChI is InChI=1S/C21H29N3O5/c1-6-27-19(25)17-12-18(28-14-16-10-8-7-9-11-16)23-24(17)13-15(2)22-20(26)29-21(3,4)5/h7-12,15H,6,13-14H2,1-5H3,(H,22,26)/t15-/m0/s1. The minimum atomic E-state index is -0.593. The number of nitrogens with one attached hydrogen (secondary N) is 1. The van der Waals surface area contributed by atoms with Gasteiger partial charge in [0.05, 0.1) is 13.2 Å². The van der Waals surface area contributed by atoms with Crippen LogP contribution in [0.2, 0.25) is 0 Å². The summed E-state index contributed by atoms with van der Waals surface area (Å²) < 4.78 is 17.6. The lowest BCUT2D eigenvalue weighted by Gasteiger charge is -2.22.